The lowest BCUT2D eigenvalue weighted by Crippen LogP contribution is -2.08. The van der Waals surface area contributed by atoms with E-state index in [-0.39, 0.29) is 17.9 Å². The van der Waals surface area contributed by atoms with E-state index in [1.54, 1.807) is 12.1 Å². The zero-order chi connectivity index (χ0) is 15.6. The second-order valence-corrected chi connectivity index (χ2v) is 4.97. The molecular formula is C15H13ClF3NO. The van der Waals surface area contributed by atoms with Gasteiger partial charge in [-0.1, -0.05) is 17.7 Å². The SMILES string of the molecule is Cc1ccc(Cl)c(Oc2ccc(C(F)(F)F)cc2CN)c1. The molecule has 112 valence electrons. The zero-order valence-electron chi connectivity index (χ0n) is 11.2. The van der Waals surface area contributed by atoms with E-state index in [0.717, 1.165) is 17.7 Å². The van der Waals surface area contributed by atoms with Crippen molar-refractivity contribution >= 4 is 11.6 Å². The van der Waals surface area contributed by atoms with Crippen LogP contribution >= 0.6 is 11.6 Å². The summed E-state index contributed by atoms with van der Waals surface area (Å²) in [6.07, 6.45) is -4.41. The van der Waals surface area contributed by atoms with Gasteiger partial charge in [0.1, 0.15) is 11.5 Å². The minimum atomic E-state index is -4.41. The topological polar surface area (TPSA) is 35.2 Å². The summed E-state index contributed by atoms with van der Waals surface area (Å²) in [6.45, 7) is 1.79. The molecule has 2 aromatic carbocycles. The number of alkyl halides is 3. The molecule has 0 bridgehead atoms. The van der Waals surface area contributed by atoms with E-state index in [9.17, 15) is 13.2 Å². The average molecular weight is 316 g/mol. The Labute approximate surface area is 125 Å². The number of hydrogen-bond donors (Lipinski definition) is 1. The van der Waals surface area contributed by atoms with Gasteiger partial charge >= 0.3 is 6.18 Å². The van der Waals surface area contributed by atoms with Gasteiger partial charge in [0.15, 0.2) is 0 Å². The van der Waals surface area contributed by atoms with Gasteiger partial charge < -0.3 is 10.5 Å². The lowest BCUT2D eigenvalue weighted by Gasteiger charge is -2.14. The largest absolute Gasteiger partial charge is 0.455 e. The molecule has 0 amide bonds. The Morgan fingerprint density at radius 1 is 1.10 bits per heavy atom. The molecule has 0 saturated heterocycles. The maximum atomic E-state index is 12.7. The fourth-order valence-electron chi connectivity index (χ4n) is 1.82. The fraction of sp³-hybridized carbons (Fsp3) is 0.200. The highest BCUT2D eigenvalue weighted by Gasteiger charge is 2.31. The number of ether oxygens (including phenoxy) is 1. The smallest absolute Gasteiger partial charge is 0.416 e. The van der Waals surface area contributed by atoms with Crippen molar-refractivity contribution in [1.29, 1.82) is 0 Å². The molecule has 6 heteroatoms. The predicted octanol–water partition coefficient (Wildman–Crippen LogP) is 4.92. The first kappa shape index (κ1) is 15.7. The fourth-order valence-corrected chi connectivity index (χ4v) is 1.98. The number of nitrogens with two attached hydrogens (primary N) is 1. The molecule has 2 aromatic rings. The van der Waals surface area contributed by atoms with E-state index < -0.39 is 11.7 Å². The van der Waals surface area contributed by atoms with E-state index in [2.05, 4.69) is 0 Å². The molecular weight excluding hydrogens is 303 g/mol. The van der Waals surface area contributed by atoms with Crippen LogP contribution in [0.15, 0.2) is 36.4 Å². The number of rotatable bonds is 3. The molecule has 0 saturated carbocycles. The van der Waals surface area contributed by atoms with Gasteiger partial charge in [0.25, 0.3) is 0 Å². The zero-order valence-corrected chi connectivity index (χ0v) is 11.9. The maximum absolute atomic E-state index is 12.7. The van der Waals surface area contributed by atoms with E-state index in [0.29, 0.717) is 10.8 Å². The number of benzene rings is 2. The van der Waals surface area contributed by atoms with Crippen molar-refractivity contribution < 1.29 is 17.9 Å². The molecule has 0 radical (unpaired) electrons. The highest BCUT2D eigenvalue weighted by Crippen LogP contribution is 2.36. The lowest BCUT2D eigenvalue weighted by atomic mass is 10.1. The van der Waals surface area contributed by atoms with Crippen molar-refractivity contribution in [3.05, 3.63) is 58.1 Å². The molecule has 0 fully saturated rings. The quantitative estimate of drug-likeness (QED) is 0.872. The Hall–Kier alpha value is -1.72. The van der Waals surface area contributed by atoms with Crippen LogP contribution in [0.25, 0.3) is 0 Å². The molecule has 0 aliphatic heterocycles. The van der Waals surface area contributed by atoms with Crippen LogP contribution in [0, 0.1) is 6.92 Å². The van der Waals surface area contributed by atoms with Crippen molar-refractivity contribution in [2.75, 3.05) is 0 Å². The van der Waals surface area contributed by atoms with Crippen LogP contribution in [0.3, 0.4) is 0 Å². The molecule has 0 aliphatic rings. The van der Waals surface area contributed by atoms with Crippen LogP contribution in [-0.2, 0) is 12.7 Å². The molecule has 2 N–H and O–H groups in total. The van der Waals surface area contributed by atoms with Crippen molar-refractivity contribution in [2.45, 2.75) is 19.6 Å². The van der Waals surface area contributed by atoms with Crippen LogP contribution in [0.2, 0.25) is 5.02 Å². The molecule has 0 heterocycles. The number of hydrogen-bond acceptors (Lipinski definition) is 2. The number of halogens is 4. The summed E-state index contributed by atoms with van der Waals surface area (Å²) in [5, 5.41) is 0.378. The summed E-state index contributed by atoms with van der Waals surface area (Å²) in [7, 11) is 0. The van der Waals surface area contributed by atoms with Gasteiger partial charge in [0.05, 0.1) is 10.6 Å². The molecule has 0 unspecified atom stereocenters. The third-order valence-corrected chi connectivity index (χ3v) is 3.23. The van der Waals surface area contributed by atoms with E-state index in [4.69, 9.17) is 22.1 Å². The van der Waals surface area contributed by atoms with Crippen molar-refractivity contribution in [3.8, 4) is 11.5 Å². The first-order valence-electron chi connectivity index (χ1n) is 6.15. The third kappa shape index (κ3) is 3.68. The second kappa shape index (κ2) is 5.95. The minimum Gasteiger partial charge on any atom is -0.455 e. The predicted molar refractivity (Wildman–Crippen MR) is 75.6 cm³/mol. The van der Waals surface area contributed by atoms with Gasteiger partial charge in [-0.2, -0.15) is 13.2 Å². The van der Waals surface area contributed by atoms with Crippen molar-refractivity contribution in [3.63, 3.8) is 0 Å². The molecule has 2 rings (SSSR count). The monoisotopic (exact) mass is 315 g/mol. The van der Waals surface area contributed by atoms with Gasteiger partial charge in [0, 0.05) is 12.1 Å². The van der Waals surface area contributed by atoms with Gasteiger partial charge in [-0.3, -0.25) is 0 Å². The molecule has 0 spiro atoms. The van der Waals surface area contributed by atoms with E-state index in [1.165, 1.54) is 6.07 Å². The highest BCUT2D eigenvalue weighted by atomic mass is 35.5. The Balaban J connectivity index is 2.38. The van der Waals surface area contributed by atoms with Crippen LogP contribution in [-0.4, -0.2) is 0 Å². The van der Waals surface area contributed by atoms with Crippen LogP contribution in [0.4, 0.5) is 13.2 Å². The van der Waals surface area contributed by atoms with Gasteiger partial charge in [-0.15, -0.1) is 0 Å². The summed E-state index contributed by atoms with van der Waals surface area (Å²) >= 11 is 6.01. The maximum Gasteiger partial charge on any atom is 0.416 e. The normalized spacial score (nSPS) is 11.5. The minimum absolute atomic E-state index is 0.0668. The van der Waals surface area contributed by atoms with Crippen LogP contribution < -0.4 is 10.5 Å². The second-order valence-electron chi connectivity index (χ2n) is 4.56. The molecule has 0 aromatic heterocycles. The summed E-state index contributed by atoms with van der Waals surface area (Å²) in [5.74, 6) is 0.643. The van der Waals surface area contributed by atoms with Gasteiger partial charge in [0.2, 0.25) is 0 Å². The Kier molecular flexibility index (Phi) is 4.44. The van der Waals surface area contributed by atoms with E-state index >= 15 is 0 Å². The van der Waals surface area contributed by atoms with Crippen molar-refractivity contribution in [2.24, 2.45) is 5.73 Å². The van der Waals surface area contributed by atoms with Crippen LogP contribution in [0.5, 0.6) is 11.5 Å². The summed E-state index contributed by atoms with van der Waals surface area (Å²) in [5.41, 5.74) is 5.94. The van der Waals surface area contributed by atoms with Gasteiger partial charge in [-0.05, 0) is 42.8 Å². The van der Waals surface area contributed by atoms with Crippen molar-refractivity contribution in [1.82, 2.24) is 0 Å². The highest BCUT2D eigenvalue weighted by molar-refractivity contribution is 6.32. The first-order valence-corrected chi connectivity index (χ1v) is 6.53. The Morgan fingerprint density at radius 2 is 1.81 bits per heavy atom. The standard InChI is InChI=1S/C15H13ClF3NO/c1-9-2-4-12(16)14(6-9)21-13-5-3-11(15(17,18)19)7-10(13)8-20/h2-7H,8,20H2,1H3. The molecule has 2 nitrogen and oxygen atoms in total. The average Bonchev–Trinajstić information content (AvgIpc) is 2.42. The summed E-state index contributed by atoms with van der Waals surface area (Å²) in [4.78, 5) is 0. The Bertz CT molecular complexity index is 656. The third-order valence-electron chi connectivity index (χ3n) is 2.91. The molecule has 21 heavy (non-hydrogen) atoms. The lowest BCUT2D eigenvalue weighted by molar-refractivity contribution is -0.137. The van der Waals surface area contributed by atoms with E-state index in [1.807, 2.05) is 13.0 Å². The number of aryl methyl sites for hydroxylation is 1. The Morgan fingerprint density at radius 3 is 2.43 bits per heavy atom. The van der Waals surface area contributed by atoms with Crippen LogP contribution in [0.1, 0.15) is 16.7 Å². The molecule has 0 atom stereocenters. The summed E-state index contributed by atoms with van der Waals surface area (Å²) < 4.78 is 43.6. The first-order chi connectivity index (χ1) is 9.81. The summed E-state index contributed by atoms with van der Waals surface area (Å²) in [6, 6.07) is 8.38. The van der Waals surface area contributed by atoms with Gasteiger partial charge in [-0.25, -0.2) is 0 Å². The molecule has 0 aliphatic carbocycles.